The molecule has 1 aromatic heterocycles. The molecule has 5 heteroatoms. The highest BCUT2D eigenvalue weighted by atomic mass is 16.4. The van der Waals surface area contributed by atoms with Crippen molar-refractivity contribution >= 4 is 11.8 Å². The Labute approximate surface area is 123 Å². The minimum absolute atomic E-state index is 0.260. The number of hydrogen-bond acceptors (Lipinski definition) is 2. The molecular formula is C16H19N3O2. The molecule has 1 aliphatic rings. The third-order valence-corrected chi connectivity index (χ3v) is 3.99. The van der Waals surface area contributed by atoms with Crippen molar-refractivity contribution in [1.29, 1.82) is 0 Å². The summed E-state index contributed by atoms with van der Waals surface area (Å²) in [5, 5.41) is 9.56. The Hall–Kier alpha value is -2.30. The van der Waals surface area contributed by atoms with Crippen LogP contribution in [0, 0.1) is 6.92 Å². The zero-order valence-corrected chi connectivity index (χ0v) is 12.3. The number of nitrogens with one attached hydrogen (secondary N) is 1. The number of anilines is 1. The lowest BCUT2D eigenvalue weighted by Crippen LogP contribution is -2.31. The minimum Gasteiger partial charge on any atom is -0.465 e. The first-order chi connectivity index (χ1) is 10.1. The summed E-state index contributed by atoms with van der Waals surface area (Å²) in [4.78, 5) is 21.0. The zero-order chi connectivity index (χ0) is 15.0. The monoisotopic (exact) mass is 285 g/mol. The van der Waals surface area contributed by atoms with Crippen molar-refractivity contribution in [3.8, 4) is 0 Å². The van der Waals surface area contributed by atoms with Crippen LogP contribution in [0.1, 0.15) is 42.2 Å². The fraction of sp³-hybridized carbons (Fsp3) is 0.375. The highest BCUT2D eigenvalue weighted by Crippen LogP contribution is 2.39. The number of imidazole rings is 1. The summed E-state index contributed by atoms with van der Waals surface area (Å²) in [7, 11) is 0. The number of hydrogen-bond donors (Lipinski definition) is 2. The van der Waals surface area contributed by atoms with Crippen molar-refractivity contribution in [3.05, 3.63) is 47.0 Å². The normalized spacial score (nSPS) is 17.0. The molecule has 2 heterocycles. The third-order valence-electron chi connectivity index (χ3n) is 3.99. The van der Waals surface area contributed by atoms with E-state index in [1.807, 2.05) is 31.2 Å². The first kappa shape index (κ1) is 13.7. The second-order valence-electron chi connectivity index (χ2n) is 5.44. The second-order valence-corrected chi connectivity index (χ2v) is 5.44. The molecule has 0 aliphatic carbocycles. The lowest BCUT2D eigenvalue weighted by atomic mass is 10.1. The molecule has 0 saturated heterocycles. The van der Waals surface area contributed by atoms with Gasteiger partial charge in [-0.3, -0.25) is 4.90 Å². The van der Waals surface area contributed by atoms with Crippen LogP contribution in [0.5, 0.6) is 0 Å². The Kier molecular flexibility index (Phi) is 3.41. The zero-order valence-electron chi connectivity index (χ0n) is 12.3. The summed E-state index contributed by atoms with van der Waals surface area (Å²) in [6.45, 7) is 4.11. The molecular weight excluding hydrogens is 266 g/mol. The second kappa shape index (κ2) is 5.24. The molecule has 1 unspecified atom stereocenters. The van der Waals surface area contributed by atoms with Crippen molar-refractivity contribution in [2.45, 2.75) is 39.2 Å². The first-order valence-corrected chi connectivity index (χ1v) is 7.27. The van der Waals surface area contributed by atoms with Crippen LogP contribution in [0.4, 0.5) is 10.5 Å². The first-order valence-electron chi connectivity index (χ1n) is 7.27. The predicted octanol–water partition coefficient (Wildman–Crippen LogP) is 3.45. The molecule has 3 rings (SSSR count). The van der Waals surface area contributed by atoms with Gasteiger partial charge in [0, 0.05) is 12.1 Å². The van der Waals surface area contributed by atoms with Crippen molar-refractivity contribution in [2.75, 3.05) is 4.90 Å². The van der Waals surface area contributed by atoms with Gasteiger partial charge in [-0.15, -0.1) is 0 Å². The maximum absolute atomic E-state index is 11.6. The molecule has 1 amide bonds. The van der Waals surface area contributed by atoms with E-state index in [-0.39, 0.29) is 6.04 Å². The van der Waals surface area contributed by atoms with Crippen molar-refractivity contribution in [3.63, 3.8) is 0 Å². The number of H-pyrrole nitrogens is 1. The molecule has 0 saturated carbocycles. The fourth-order valence-electron chi connectivity index (χ4n) is 3.00. The van der Waals surface area contributed by atoms with Crippen LogP contribution in [0.3, 0.4) is 0 Å². The van der Waals surface area contributed by atoms with Gasteiger partial charge in [0.15, 0.2) is 0 Å². The molecule has 2 N–H and O–H groups in total. The Balaban J connectivity index is 1.99. The number of nitrogens with zero attached hydrogens (tertiary/aromatic N) is 2. The SMILES string of the molecule is CCCc1nc(C2Cc3ccccc3N2C(=O)O)[nH]c1C. The molecule has 2 aromatic rings. The maximum Gasteiger partial charge on any atom is 0.412 e. The van der Waals surface area contributed by atoms with Crippen LogP contribution in [-0.4, -0.2) is 21.2 Å². The van der Waals surface area contributed by atoms with Crippen molar-refractivity contribution < 1.29 is 9.90 Å². The van der Waals surface area contributed by atoms with E-state index in [2.05, 4.69) is 16.9 Å². The van der Waals surface area contributed by atoms with E-state index in [1.54, 1.807) is 0 Å². The predicted molar refractivity (Wildman–Crippen MR) is 80.7 cm³/mol. The highest BCUT2D eigenvalue weighted by Gasteiger charge is 2.36. The number of fused-ring (bicyclic) bond motifs is 1. The Morgan fingerprint density at radius 3 is 2.95 bits per heavy atom. The molecule has 1 aromatic carbocycles. The average molecular weight is 285 g/mol. The lowest BCUT2D eigenvalue weighted by molar-refractivity contribution is 0.199. The van der Waals surface area contributed by atoms with Crippen LogP contribution < -0.4 is 4.90 Å². The van der Waals surface area contributed by atoms with E-state index < -0.39 is 6.09 Å². The molecule has 0 spiro atoms. The van der Waals surface area contributed by atoms with Crippen LogP contribution >= 0.6 is 0 Å². The van der Waals surface area contributed by atoms with Gasteiger partial charge in [0.1, 0.15) is 11.9 Å². The van der Waals surface area contributed by atoms with Crippen LogP contribution in [0.15, 0.2) is 24.3 Å². The smallest absolute Gasteiger partial charge is 0.412 e. The number of aromatic amines is 1. The standard InChI is InChI=1S/C16H19N3O2/c1-3-6-12-10(2)17-15(18-12)14-9-11-7-4-5-8-13(11)19(14)16(20)21/h4-5,7-8,14H,3,6,9H2,1-2H3,(H,17,18)(H,20,21). The number of aromatic nitrogens is 2. The number of para-hydroxylation sites is 1. The van der Waals surface area contributed by atoms with Crippen LogP contribution in [-0.2, 0) is 12.8 Å². The van der Waals surface area contributed by atoms with E-state index in [1.165, 1.54) is 4.90 Å². The quantitative estimate of drug-likeness (QED) is 0.907. The summed E-state index contributed by atoms with van der Waals surface area (Å²) < 4.78 is 0. The number of rotatable bonds is 3. The van der Waals surface area contributed by atoms with E-state index >= 15 is 0 Å². The minimum atomic E-state index is -0.934. The number of amides is 1. The van der Waals surface area contributed by atoms with E-state index in [9.17, 15) is 9.90 Å². The van der Waals surface area contributed by atoms with Crippen LogP contribution in [0.25, 0.3) is 0 Å². The van der Waals surface area contributed by atoms with Gasteiger partial charge in [-0.2, -0.15) is 0 Å². The van der Waals surface area contributed by atoms with Gasteiger partial charge in [0.05, 0.1) is 11.4 Å². The Morgan fingerprint density at radius 2 is 2.24 bits per heavy atom. The Morgan fingerprint density at radius 1 is 1.48 bits per heavy atom. The Bertz CT molecular complexity index is 678. The fourth-order valence-corrected chi connectivity index (χ4v) is 3.00. The molecule has 1 aliphatic heterocycles. The number of benzene rings is 1. The van der Waals surface area contributed by atoms with Gasteiger partial charge in [-0.05, 0) is 25.0 Å². The number of carboxylic acid groups (broad SMARTS) is 1. The van der Waals surface area contributed by atoms with E-state index in [0.717, 1.165) is 41.3 Å². The van der Waals surface area contributed by atoms with Gasteiger partial charge in [0.25, 0.3) is 0 Å². The number of carbonyl (C=O) groups is 1. The van der Waals surface area contributed by atoms with Crippen LogP contribution in [0.2, 0.25) is 0 Å². The average Bonchev–Trinajstić information content (AvgIpc) is 3.00. The van der Waals surface area contributed by atoms with Gasteiger partial charge in [-0.1, -0.05) is 31.5 Å². The van der Waals surface area contributed by atoms with Crippen molar-refractivity contribution in [1.82, 2.24) is 9.97 Å². The molecule has 5 nitrogen and oxygen atoms in total. The summed E-state index contributed by atoms with van der Waals surface area (Å²) >= 11 is 0. The molecule has 1 atom stereocenters. The van der Waals surface area contributed by atoms with Gasteiger partial charge in [0.2, 0.25) is 0 Å². The topological polar surface area (TPSA) is 69.2 Å². The summed E-state index contributed by atoms with van der Waals surface area (Å²) in [5.74, 6) is 0.745. The summed E-state index contributed by atoms with van der Waals surface area (Å²) in [6, 6.07) is 7.38. The highest BCUT2D eigenvalue weighted by molar-refractivity contribution is 5.90. The van der Waals surface area contributed by atoms with Crippen molar-refractivity contribution in [2.24, 2.45) is 0 Å². The summed E-state index contributed by atoms with van der Waals surface area (Å²) in [6.07, 6.45) is 1.67. The van der Waals surface area contributed by atoms with Gasteiger partial charge in [-0.25, -0.2) is 9.78 Å². The summed E-state index contributed by atoms with van der Waals surface area (Å²) in [5.41, 5.74) is 3.89. The maximum atomic E-state index is 11.6. The lowest BCUT2D eigenvalue weighted by Gasteiger charge is -2.20. The molecule has 0 bridgehead atoms. The van der Waals surface area contributed by atoms with Gasteiger partial charge >= 0.3 is 6.09 Å². The van der Waals surface area contributed by atoms with Gasteiger partial charge < -0.3 is 10.1 Å². The largest absolute Gasteiger partial charge is 0.465 e. The molecule has 0 fully saturated rings. The number of aryl methyl sites for hydroxylation is 2. The van der Waals surface area contributed by atoms with E-state index in [4.69, 9.17) is 0 Å². The molecule has 110 valence electrons. The molecule has 21 heavy (non-hydrogen) atoms. The van der Waals surface area contributed by atoms with E-state index in [0.29, 0.717) is 6.42 Å². The molecule has 0 radical (unpaired) electrons. The third kappa shape index (κ3) is 2.28.